The standard InChI is InChI=1S/C11H9ClFN3/c12-8-2-1-3-9(13)10(8)11-15-5-7(4-14)6-16-11/h1-3,5-6H,4,14H2. The Kier molecular flexibility index (Phi) is 3.12. The molecule has 0 amide bonds. The van der Waals surface area contributed by atoms with Gasteiger partial charge in [0, 0.05) is 24.5 Å². The first-order valence-corrected chi connectivity index (χ1v) is 5.05. The zero-order valence-corrected chi connectivity index (χ0v) is 9.08. The van der Waals surface area contributed by atoms with Crippen molar-refractivity contribution in [3.8, 4) is 11.4 Å². The first kappa shape index (κ1) is 11.0. The molecule has 1 aromatic carbocycles. The van der Waals surface area contributed by atoms with Crippen LogP contribution in [0.2, 0.25) is 5.02 Å². The third-order valence-corrected chi connectivity index (χ3v) is 2.44. The molecule has 0 aliphatic carbocycles. The first-order valence-electron chi connectivity index (χ1n) is 4.67. The van der Waals surface area contributed by atoms with Gasteiger partial charge in [-0.2, -0.15) is 0 Å². The average molecular weight is 238 g/mol. The van der Waals surface area contributed by atoms with Gasteiger partial charge < -0.3 is 5.73 Å². The maximum atomic E-state index is 13.5. The van der Waals surface area contributed by atoms with Crippen LogP contribution in [0.3, 0.4) is 0 Å². The van der Waals surface area contributed by atoms with E-state index < -0.39 is 5.82 Å². The van der Waals surface area contributed by atoms with Crippen LogP contribution < -0.4 is 5.73 Å². The van der Waals surface area contributed by atoms with Crippen LogP contribution in [-0.4, -0.2) is 9.97 Å². The molecule has 2 aromatic rings. The monoisotopic (exact) mass is 237 g/mol. The summed E-state index contributed by atoms with van der Waals surface area (Å²) in [4.78, 5) is 8.05. The molecular weight excluding hydrogens is 229 g/mol. The molecule has 82 valence electrons. The fourth-order valence-electron chi connectivity index (χ4n) is 1.30. The highest BCUT2D eigenvalue weighted by molar-refractivity contribution is 6.33. The zero-order valence-electron chi connectivity index (χ0n) is 8.32. The lowest BCUT2D eigenvalue weighted by atomic mass is 10.2. The number of benzene rings is 1. The maximum Gasteiger partial charge on any atom is 0.163 e. The summed E-state index contributed by atoms with van der Waals surface area (Å²) in [5, 5.41) is 0.292. The lowest BCUT2D eigenvalue weighted by molar-refractivity contribution is 0.630. The minimum Gasteiger partial charge on any atom is -0.326 e. The normalized spacial score (nSPS) is 10.4. The molecule has 0 unspecified atom stereocenters. The van der Waals surface area contributed by atoms with Crippen molar-refractivity contribution in [1.82, 2.24) is 9.97 Å². The summed E-state index contributed by atoms with van der Waals surface area (Å²) >= 11 is 5.89. The molecule has 2 N–H and O–H groups in total. The van der Waals surface area contributed by atoms with E-state index in [0.717, 1.165) is 5.56 Å². The fourth-order valence-corrected chi connectivity index (χ4v) is 1.55. The van der Waals surface area contributed by atoms with E-state index in [2.05, 4.69) is 9.97 Å². The Morgan fingerprint density at radius 3 is 2.50 bits per heavy atom. The molecule has 0 aliphatic rings. The second-order valence-electron chi connectivity index (χ2n) is 3.22. The first-order chi connectivity index (χ1) is 7.72. The van der Waals surface area contributed by atoms with Gasteiger partial charge in [-0.25, -0.2) is 14.4 Å². The largest absolute Gasteiger partial charge is 0.326 e. The minimum absolute atomic E-state index is 0.215. The topological polar surface area (TPSA) is 51.8 Å². The molecule has 0 saturated carbocycles. The van der Waals surface area contributed by atoms with E-state index in [4.69, 9.17) is 17.3 Å². The number of hydrogen-bond donors (Lipinski definition) is 1. The molecule has 0 fully saturated rings. The van der Waals surface area contributed by atoms with Crippen molar-refractivity contribution in [3.63, 3.8) is 0 Å². The fraction of sp³-hybridized carbons (Fsp3) is 0.0909. The highest BCUT2D eigenvalue weighted by atomic mass is 35.5. The number of halogens is 2. The van der Waals surface area contributed by atoms with E-state index >= 15 is 0 Å². The Morgan fingerprint density at radius 1 is 1.25 bits per heavy atom. The van der Waals surface area contributed by atoms with E-state index in [1.807, 2.05) is 0 Å². The summed E-state index contributed by atoms with van der Waals surface area (Å²) in [6.45, 7) is 0.352. The van der Waals surface area contributed by atoms with Gasteiger partial charge >= 0.3 is 0 Å². The molecule has 3 nitrogen and oxygen atoms in total. The molecule has 1 heterocycles. The second kappa shape index (κ2) is 4.55. The Labute approximate surface area is 97.1 Å². The lowest BCUT2D eigenvalue weighted by Crippen LogP contribution is -2.00. The van der Waals surface area contributed by atoms with Crippen LogP contribution >= 0.6 is 11.6 Å². The van der Waals surface area contributed by atoms with Crippen LogP contribution in [0, 0.1) is 5.82 Å². The SMILES string of the molecule is NCc1cnc(-c2c(F)cccc2Cl)nc1. The number of hydrogen-bond acceptors (Lipinski definition) is 3. The minimum atomic E-state index is -0.437. The number of nitrogens with zero attached hydrogens (tertiary/aromatic N) is 2. The lowest BCUT2D eigenvalue weighted by Gasteiger charge is -2.04. The van der Waals surface area contributed by atoms with Crippen molar-refractivity contribution in [1.29, 1.82) is 0 Å². The Bertz CT molecular complexity index is 479. The molecule has 0 aliphatic heterocycles. The Hall–Kier alpha value is -1.52. The summed E-state index contributed by atoms with van der Waals surface area (Å²) in [6, 6.07) is 4.46. The van der Waals surface area contributed by atoms with E-state index in [0.29, 0.717) is 11.6 Å². The van der Waals surface area contributed by atoms with Crippen molar-refractivity contribution < 1.29 is 4.39 Å². The van der Waals surface area contributed by atoms with Gasteiger partial charge in [0.25, 0.3) is 0 Å². The van der Waals surface area contributed by atoms with Crippen molar-refractivity contribution in [2.75, 3.05) is 0 Å². The summed E-state index contributed by atoms with van der Waals surface area (Å²) in [7, 11) is 0. The quantitative estimate of drug-likeness (QED) is 0.873. The van der Waals surface area contributed by atoms with Crippen LogP contribution in [-0.2, 0) is 6.54 Å². The molecule has 2 rings (SSSR count). The summed E-state index contributed by atoms with van der Waals surface area (Å²) in [5.74, 6) is -0.173. The van der Waals surface area contributed by atoms with Gasteiger partial charge in [-0.1, -0.05) is 17.7 Å². The molecule has 0 atom stereocenters. The summed E-state index contributed by atoms with van der Waals surface area (Å²) in [5.41, 5.74) is 6.42. The Morgan fingerprint density at radius 2 is 1.94 bits per heavy atom. The van der Waals surface area contributed by atoms with Gasteiger partial charge in [0.15, 0.2) is 5.82 Å². The van der Waals surface area contributed by atoms with Gasteiger partial charge in [0.1, 0.15) is 5.82 Å². The number of nitrogens with two attached hydrogens (primary N) is 1. The summed E-state index contributed by atoms with van der Waals surface area (Å²) in [6.07, 6.45) is 3.12. The molecule has 1 aromatic heterocycles. The van der Waals surface area contributed by atoms with Gasteiger partial charge in [0.2, 0.25) is 0 Å². The average Bonchev–Trinajstić information content (AvgIpc) is 2.30. The van der Waals surface area contributed by atoms with Crippen LogP contribution in [0.4, 0.5) is 4.39 Å². The molecule has 0 spiro atoms. The van der Waals surface area contributed by atoms with Crippen molar-refractivity contribution in [3.05, 3.63) is 47.0 Å². The maximum absolute atomic E-state index is 13.5. The molecular formula is C11H9ClFN3. The predicted octanol–water partition coefficient (Wildman–Crippen LogP) is 2.39. The zero-order chi connectivity index (χ0) is 11.5. The number of rotatable bonds is 2. The van der Waals surface area contributed by atoms with E-state index in [-0.39, 0.29) is 11.4 Å². The third-order valence-electron chi connectivity index (χ3n) is 2.13. The van der Waals surface area contributed by atoms with E-state index in [1.54, 1.807) is 18.5 Å². The van der Waals surface area contributed by atoms with Gasteiger partial charge in [-0.05, 0) is 12.1 Å². The molecule has 0 radical (unpaired) electrons. The number of aromatic nitrogens is 2. The van der Waals surface area contributed by atoms with E-state index in [1.165, 1.54) is 12.1 Å². The van der Waals surface area contributed by atoms with Crippen molar-refractivity contribution in [2.24, 2.45) is 5.73 Å². The van der Waals surface area contributed by atoms with E-state index in [9.17, 15) is 4.39 Å². The molecule has 16 heavy (non-hydrogen) atoms. The molecule has 0 saturated heterocycles. The third kappa shape index (κ3) is 2.03. The van der Waals surface area contributed by atoms with Gasteiger partial charge in [-0.3, -0.25) is 0 Å². The predicted molar refractivity (Wildman–Crippen MR) is 60.3 cm³/mol. The smallest absolute Gasteiger partial charge is 0.163 e. The van der Waals surface area contributed by atoms with Crippen LogP contribution in [0.1, 0.15) is 5.56 Å². The van der Waals surface area contributed by atoms with Gasteiger partial charge in [0.05, 0.1) is 10.6 Å². The second-order valence-corrected chi connectivity index (χ2v) is 3.62. The highest BCUT2D eigenvalue weighted by Gasteiger charge is 2.11. The van der Waals surface area contributed by atoms with Crippen molar-refractivity contribution in [2.45, 2.75) is 6.54 Å². The van der Waals surface area contributed by atoms with Crippen LogP contribution in [0.15, 0.2) is 30.6 Å². The van der Waals surface area contributed by atoms with Crippen LogP contribution in [0.5, 0.6) is 0 Å². The van der Waals surface area contributed by atoms with Crippen molar-refractivity contribution >= 4 is 11.6 Å². The molecule has 0 bridgehead atoms. The van der Waals surface area contributed by atoms with Crippen LogP contribution in [0.25, 0.3) is 11.4 Å². The Balaban J connectivity index is 2.50. The highest BCUT2D eigenvalue weighted by Crippen LogP contribution is 2.27. The molecule has 5 heteroatoms. The summed E-state index contributed by atoms with van der Waals surface area (Å²) < 4.78 is 13.5. The van der Waals surface area contributed by atoms with Gasteiger partial charge in [-0.15, -0.1) is 0 Å².